The third kappa shape index (κ3) is 1.65. The zero-order valence-corrected chi connectivity index (χ0v) is 10.7. The Hall–Kier alpha value is -1.06. The van der Waals surface area contributed by atoms with Crippen LogP contribution in [0, 0.1) is 0 Å². The van der Waals surface area contributed by atoms with E-state index >= 15 is 0 Å². The molecule has 0 amide bonds. The van der Waals surface area contributed by atoms with Crippen LogP contribution < -0.4 is 5.73 Å². The number of hydrogen-bond acceptors (Lipinski definition) is 2. The van der Waals surface area contributed by atoms with Crippen molar-refractivity contribution in [1.82, 2.24) is 9.55 Å². The SMILES string of the molecule is Cn1c(C2(N)CCCC2)nc2ccc(Cl)cc21. The van der Waals surface area contributed by atoms with E-state index in [2.05, 4.69) is 9.55 Å². The standard InChI is InChI=1S/C13H16ClN3/c1-17-11-8-9(14)4-5-10(11)16-12(17)13(15)6-2-3-7-13/h4-5,8H,2-3,6-7,15H2,1H3. The Morgan fingerprint density at radius 2 is 2.06 bits per heavy atom. The van der Waals surface area contributed by atoms with Crippen molar-refractivity contribution in [2.45, 2.75) is 31.2 Å². The predicted octanol–water partition coefficient (Wildman–Crippen LogP) is 2.95. The molecule has 2 aromatic rings. The first kappa shape index (κ1) is 11.1. The highest BCUT2D eigenvalue weighted by molar-refractivity contribution is 6.31. The molecular weight excluding hydrogens is 234 g/mol. The maximum absolute atomic E-state index is 6.47. The van der Waals surface area contributed by atoms with Gasteiger partial charge in [0, 0.05) is 12.1 Å². The number of halogens is 1. The lowest BCUT2D eigenvalue weighted by atomic mass is 9.98. The second kappa shape index (κ2) is 3.72. The smallest absolute Gasteiger partial charge is 0.129 e. The molecule has 0 atom stereocenters. The minimum Gasteiger partial charge on any atom is -0.330 e. The molecule has 0 radical (unpaired) electrons. The molecule has 0 aliphatic heterocycles. The zero-order chi connectivity index (χ0) is 12.0. The van der Waals surface area contributed by atoms with Crippen LogP contribution >= 0.6 is 11.6 Å². The fraction of sp³-hybridized carbons (Fsp3) is 0.462. The normalized spacial score (nSPS) is 19.0. The highest BCUT2D eigenvalue weighted by Crippen LogP contribution is 2.36. The van der Waals surface area contributed by atoms with Gasteiger partial charge in [-0.15, -0.1) is 0 Å². The summed E-state index contributed by atoms with van der Waals surface area (Å²) in [4.78, 5) is 4.69. The van der Waals surface area contributed by atoms with Crippen molar-refractivity contribution in [1.29, 1.82) is 0 Å². The molecule has 1 aromatic carbocycles. The van der Waals surface area contributed by atoms with E-state index in [-0.39, 0.29) is 5.54 Å². The van der Waals surface area contributed by atoms with E-state index in [0.717, 1.165) is 34.7 Å². The van der Waals surface area contributed by atoms with E-state index in [1.807, 2.05) is 25.2 Å². The van der Waals surface area contributed by atoms with Gasteiger partial charge in [-0.2, -0.15) is 0 Å². The summed E-state index contributed by atoms with van der Waals surface area (Å²) in [6.07, 6.45) is 4.44. The lowest BCUT2D eigenvalue weighted by Gasteiger charge is -2.22. The molecule has 1 fully saturated rings. The molecule has 3 rings (SSSR count). The molecule has 1 aliphatic carbocycles. The minimum absolute atomic E-state index is 0.250. The van der Waals surface area contributed by atoms with Crippen LogP contribution in [0.25, 0.3) is 11.0 Å². The van der Waals surface area contributed by atoms with Gasteiger partial charge in [-0.1, -0.05) is 24.4 Å². The lowest BCUT2D eigenvalue weighted by molar-refractivity contribution is 0.420. The molecule has 0 bridgehead atoms. The summed E-state index contributed by atoms with van der Waals surface area (Å²) in [6.45, 7) is 0. The Morgan fingerprint density at radius 3 is 2.76 bits per heavy atom. The van der Waals surface area contributed by atoms with Gasteiger partial charge in [-0.05, 0) is 31.0 Å². The van der Waals surface area contributed by atoms with E-state index in [9.17, 15) is 0 Å². The number of fused-ring (bicyclic) bond motifs is 1. The molecule has 1 saturated carbocycles. The van der Waals surface area contributed by atoms with Gasteiger partial charge in [0.25, 0.3) is 0 Å². The Balaban J connectivity index is 2.20. The number of aromatic nitrogens is 2. The van der Waals surface area contributed by atoms with Gasteiger partial charge in [0.2, 0.25) is 0 Å². The molecule has 1 aliphatic rings. The van der Waals surface area contributed by atoms with Crippen molar-refractivity contribution in [3.8, 4) is 0 Å². The Kier molecular flexibility index (Phi) is 2.42. The largest absolute Gasteiger partial charge is 0.330 e. The van der Waals surface area contributed by atoms with E-state index < -0.39 is 0 Å². The highest BCUT2D eigenvalue weighted by Gasteiger charge is 2.35. The van der Waals surface area contributed by atoms with E-state index in [4.69, 9.17) is 17.3 Å². The topological polar surface area (TPSA) is 43.8 Å². The van der Waals surface area contributed by atoms with Gasteiger partial charge in [-0.3, -0.25) is 0 Å². The Labute approximate surface area is 106 Å². The molecule has 1 heterocycles. The summed E-state index contributed by atoms with van der Waals surface area (Å²) >= 11 is 6.02. The third-order valence-electron chi connectivity index (χ3n) is 3.78. The molecule has 4 heteroatoms. The zero-order valence-electron chi connectivity index (χ0n) is 9.91. The number of nitrogens with two attached hydrogens (primary N) is 1. The van der Waals surface area contributed by atoms with Crippen LogP contribution in [-0.2, 0) is 12.6 Å². The summed E-state index contributed by atoms with van der Waals surface area (Å²) in [7, 11) is 2.02. The monoisotopic (exact) mass is 249 g/mol. The average molecular weight is 250 g/mol. The van der Waals surface area contributed by atoms with Crippen molar-refractivity contribution >= 4 is 22.6 Å². The van der Waals surface area contributed by atoms with Crippen LogP contribution in [-0.4, -0.2) is 9.55 Å². The number of aryl methyl sites for hydroxylation is 1. The average Bonchev–Trinajstić information content (AvgIpc) is 2.86. The van der Waals surface area contributed by atoms with Gasteiger partial charge >= 0.3 is 0 Å². The summed E-state index contributed by atoms with van der Waals surface area (Å²) in [5.74, 6) is 0.993. The van der Waals surface area contributed by atoms with Gasteiger partial charge < -0.3 is 10.3 Å². The molecule has 17 heavy (non-hydrogen) atoms. The molecule has 0 saturated heterocycles. The van der Waals surface area contributed by atoms with Crippen molar-refractivity contribution in [3.05, 3.63) is 29.0 Å². The number of benzene rings is 1. The van der Waals surface area contributed by atoms with Crippen LogP contribution in [0.5, 0.6) is 0 Å². The van der Waals surface area contributed by atoms with Gasteiger partial charge in [0.05, 0.1) is 16.6 Å². The second-order valence-corrected chi connectivity index (χ2v) is 5.43. The second-order valence-electron chi connectivity index (χ2n) is 4.99. The van der Waals surface area contributed by atoms with Crippen LogP contribution in [0.15, 0.2) is 18.2 Å². The summed E-state index contributed by atoms with van der Waals surface area (Å²) in [6, 6.07) is 5.78. The minimum atomic E-state index is -0.250. The molecule has 90 valence electrons. The Morgan fingerprint density at radius 1 is 1.35 bits per heavy atom. The third-order valence-corrected chi connectivity index (χ3v) is 4.02. The maximum atomic E-state index is 6.47. The number of hydrogen-bond donors (Lipinski definition) is 1. The molecule has 0 spiro atoms. The summed E-state index contributed by atoms with van der Waals surface area (Å²) in [5.41, 5.74) is 8.25. The Bertz CT molecular complexity index is 567. The summed E-state index contributed by atoms with van der Waals surface area (Å²) < 4.78 is 2.09. The highest BCUT2D eigenvalue weighted by atomic mass is 35.5. The van der Waals surface area contributed by atoms with Gasteiger partial charge in [0.1, 0.15) is 5.82 Å². The summed E-state index contributed by atoms with van der Waals surface area (Å²) in [5, 5.41) is 0.740. The fourth-order valence-corrected chi connectivity index (χ4v) is 3.00. The first-order valence-electron chi connectivity index (χ1n) is 6.01. The maximum Gasteiger partial charge on any atom is 0.129 e. The lowest BCUT2D eigenvalue weighted by Crippen LogP contribution is -2.36. The van der Waals surface area contributed by atoms with Crippen LogP contribution in [0.1, 0.15) is 31.5 Å². The molecule has 2 N–H and O–H groups in total. The molecule has 1 aromatic heterocycles. The molecule has 0 unspecified atom stereocenters. The van der Waals surface area contributed by atoms with Crippen LogP contribution in [0.4, 0.5) is 0 Å². The van der Waals surface area contributed by atoms with Crippen molar-refractivity contribution in [2.24, 2.45) is 12.8 Å². The van der Waals surface area contributed by atoms with Crippen molar-refractivity contribution in [2.75, 3.05) is 0 Å². The fourth-order valence-electron chi connectivity index (χ4n) is 2.84. The van der Waals surface area contributed by atoms with Gasteiger partial charge in [0.15, 0.2) is 0 Å². The van der Waals surface area contributed by atoms with Gasteiger partial charge in [-0.25, -0.2) is 4.98 Å². The van der Waals surface area contributed by atoms with Crippen LogP contribution in [0.2, 0.25) is 5.02 Å². The van der Waals surface area contributed by atoms with Crippen LogP contribution in [0.3, 0.4) is 0 Å². The molecular formula is C13H16ClN3. The first-order chi connectivity index (χ1) is 8.10. The predicted molar refractivity (Wildman–Crippen MR) is 70.1 cm³/mol. The first-order valence-corrected chi connectivity index (χ1v) is 6.39. The quantitative estimate of drug-likeness (QED) is 0.845. The van der Waals surface area contributed by atoms with E-state index in [1.165, 1.54) is 12.8 Å². The van der Waals surface area contributed by atoms with Crippen molar-refractivity contribution in [3.63, 3.8) is 0 Å². The van der Waals surface area contributed by atoms with Crippen molar-refractivity contribution < 1.29 is 0 Å². The molecule has 3 nitrogen and oxygen atoms in total. The number of imidazole rings is 1. The number of rotatable bonds is 1. The number of nitrogens with zero attached hydrogens (tertiary/aromatic N) is 2. The van der Waals surface area contributed by atoms with E-state index in [1.54, 1.807) is 0 Å². The van der Waals surface area contributed by atoms with E-state index in [0.29, 0.717) is 0 Å².